The van der Waals surface area contributed by atoms with Gasteiger partial charge in [0.25, 0.3) is 0 Å². The Morgan fingerprint density at radius 3 is 2.56 bits per heavy atom. The summed E-state index contributed by atoms with van der Waals surface area (Å²) in [6.07, 6.45) is 0. The van der Waals surface area contributed by atoms with Gasteiger partial charge in [-0.25, -0.2) is 4.39 Å². The molecule has 1 aliphatic carbocycles. The largest absolute Gasteiger partial charge is 0.396 e. The van der Waals surface area contributed by atoms with E-state index in [4.69, 9.17) is 5.11 Å². The number of aliphatic hydroxyl groups is 1. The number of anilines is 1. The second-order valence-electron chi connectivity index (χ2n) is 4.46. The van der Waals surface area contributed by atoms with E-state index >= 15 is 0 Å². The fraction of sp³-hybridized carbons (Fsp3) is 0.417. The maximum absolute atomic E-state index is 12.7. The number of rotatable bonds is 2. The van der Waals surface area contributed by atoms with Crippen LogP contribution in [0.2, 0.25) is 0 Å². The van der Waals surface area contributed by atoms with Crippen LogP contribution in [0.3, 0.4) is 0 Å². The van der Waals surface area contributed by atoms with E-state index in [1.807, 2.05) is 0 Å². The highest BCUT2D eigenvalue weighted by molar-refractivity contribution is 6.00. The van der Waals surface area contributed by atoms with Crippen LogP contribution in [0, 0.1) is 23.6 Å². The van der Waals surface area contributed by atoms with Crippen molar-refractivity contribution in [1.29, 1.82) is 0 Å². The molecule has 0 spiro atoms. The summed E-state index contributed by atoms with van der Waals surface area (Å²) in [5.41, 5.74) is 0.746. The van der Waals surface area contributed by atoms with Gasteiger partial charge in [-0.1, -0.05) is 0 Å². The summed E-state index contributed by atoms with van der Waals surface area (Å²) in [6, 6.07) is 5.95. The summed E-state index contributed by atoms with van der Waals surface area (Å²) < 4.78 is 12.7. The third-order valence-electron chi connectivity index (χ3n) is 3.63. The Morgan fingerprint density at radius 2 is 2.06 bits per heavy atom. The van der Waals surface area contributed by atoms with Gasteiger partial charge in [-0.15, -0.1) is 0 Å². The molecule has 1 aliphatic heterocycles. The first-order valence-electron chi connectivity index (χ1n) is 5.40. The summed E-state index contributed by atoms with van der Waals surface area (Å²) >= 11 is 0. The lowest BCUT2D eigenvalue weighted by Crippen LogP contribution is -2.30. The minimum atomic E-state index is -0.297. The van der Waals surface area contributed by atoms with Gasteiger partial charge in [0.05, 0.1) is 0 Å². The molecule has 1 amide bonds. The van der Waals surface area contributed by atoms with Crippen molar-refractivity contribution in [3.63, 3.8) is 0 Å². The van der Waals surface area contributed by atoms with E-state index in [9.17, 15) is 9.18 Å². The maximum atomic E-state index is 12.7. The number of nitrogens with zero attached hydrogens (tertiary/aromatic N) is 1. The van der Waals surface area contributed by atoms with E-state index < -0.39 is 0 Å². The molecule has 2 aliphatic rings. The molecule has 1 heterocycles. The predicted molar refractivity (Wildman–Crippen MR) is 56.3 cm³/mol. The van der Waals surface area contributed by atoms with Crippen molar-refractivity contribution in [2.45, 2.75) is 0 Å². The molecule has 1 N–H and O–H groups in total. The van der Waals surface area contributed by atoms with Crippen LogP contribution in [0.15, 0.2) is 24.3 Å². The van der Waals surface area contributed by atoms with Crippen molar-refractivity contribution in [1.82, 2.24) is 0 Å². The highest BCUT2D eigenvalue weighted by Gasteiger charge is 2.61. The SMILES string of the molecule is O=C1C2C(CO)C2CN1c1ccc(F)cc1. The van der Waals surface area contributed by atoms with Crippen LogP contribution in [0.4, 0.5) is 10.1 Å². The first kappa shape index (κ1) is 9.78. The average Bonchev–Trinajstić information content (AvgIpc) is 2.90. The minimum absolute atomic E-state index is 0.00458. The fourth-order valence-corrected chi connectivity index (χ4v) is 2.64. The third-order valence-corrected chi connectivity index (χ3v) is 3.63. The van der Waals surface area contributed by atoms with Crippen LogP contribution in [-0.2, 0) is 4.79 Å². The van der Waals surface area contributed by atoms with Gasteiger partial charge in [0.1, 0.15) is 5.82 Å². The summed E-state index contributed by atoms with van der Waals surface area (Å²) in [5, 5.41) is 9.00. The van der Waals surface area contributed by atoms with E-state index in [0.717, 1.165) is 5.69 Å². The Hall–Kier alpha value is -1.42. The lowest BCUT2D eigenvalue weighted by atomic mass is 10.2. The molecule has 0 bridgehead atoms. The lowest BCUT2D eigenvalue weighted by Gasteiger charge is -2.19. The predicted octanol–water partition coefficient (Wildman–Crippen LogP) is 1.03. The summed E-state index contributed by atoms with van der Waals surface area (Å²) in [7, 11) is 0. The van der Waals surface area contributed by atoms with Gasteiger partial charge in [-0.05, 0) is 36.1 Å². The van der Waals surface area contributed by atoms with Gasteiger partial charge in [-0.2, -0.15) is 0 Å². The van der Waals surface area contributed by atoms with Crippen molar-refractivity contribution in [3.8, 4) is 0 Å². The van der Waals surface area contributed by atoms with Gasteiger partial charge in [0.15, 0.2) is 0 Å². The van der Waals surface area contributed by atoms with Gasteiger partial charge in [-0.3, -0.25) is 4.79 Å². The smallest absolute Gasteiger partial charge is 0.230 e. The van der Waals surface area contributed by atoms with E-state index in [1.165, 1.54) is 12.1 Å². The van der Waals surface area contributed by atoms with E-state index in [2.05, 4.69) is 0 Å². The number of piperidine rings is 1. The molecule has 3 rings (SSSR count). The number of aliphatic hydroxyl groups excluding tert-OH is 1. The van der Waals surface area contributed by atoms with Crippen LogP contribution in [0.25, 0.3) is 0 Å². The van der Waals surface area contributed by atoms with Crippen LogP contribution >= 0.6 is 0 Å². The Bertz CT molecular complexity index is 431. The number of benzene rings is 1. The Kier molecular flexibility index (Phi) is 2.01. The molecule has 3 atom stereocenters. The molecule has 4 heteroatoms. The molecule has 3 unspecified atom stereocenters. The standard InChI is InChI=1S/C12H12FNO2/c13-7-1-3-8(4-2-7)14-5-9-10(6-15)11(9)12(14)16/h1-4,9-11,15H,5-6H2. The average molecular weight is 221 g/mol. The molecular weight excluding hydrogens is 209 g/mol. The van der Waals surface area contributed by atoms with Crippen molar-refractivity contribution < 1.29 is 14.3 Å². The zero-order valence-corrected chi connectivity index (χ0v) is 8.64. The molecule has 1 saturated carbocycles. The lowest BCUT2D eigenvalue weighted by molar-refractivity contribution is -0.119. The first-order chi connectivity index (χ1) is 7.72. The van der Waals surface area contributed by atoms with Crippen molar-refractivity contribution in [3.05, 3.63) is 30.1 Å². The van der Waals surface area contributed by atoms with Crippen molar-refractivity contribution in [2.24, 2.45) is 17.8 Å². The zero-order chi connectivity index (χ0) is 11.3. The van der Waals surface area contributed by atoms with E-state index in [0.29, 0.717) is 12.5 Å². The van der Waals surface area contributed by atoms with Crippen molar-refractivity contribution >= 4 is 11.6 Å². The molecular formula is C12H12FNO2. The Balaban J connectivity index is 1.80. The van der Waals surface area contributed by atoms with Crippen molar-refractivity contribution in [2.75, 3.05) is 18.1 Å². The molecule has 84 valence electrons. The molecule has 3 nitrogen and oxygen atoms in total. The van der Waals surface area contributed by atoms with Gasteiger partial charge < -0.3 is 10.0 Å². The van der Waals surface area contributed by atoms with Gasteiger partial charge >= 0.3 is 0 Å². The van der Waals surface area contributed by atoms with E-state index in [-0.39, 0.29) is 30.2 Å². The highest BCUT2D eigenvalue weighted by Crippen LogP contribution is 2.52. The number of carbonyl (C=O) groups is 1. The molecule has 0 radical (unpaired) electrons. The molecule has 1 aromatic carbocycles. The normalized spacial score (nSPS) is 31.8. The van der Waals surface area contributed by atoms with Crippen LogP contribution in [-0.4, -0.2) is 24.2 Å². The molecule has 2 fully saturated rings. The van der Waals surface area contributed by atoms with Crippen LogP contribution in [0.5, 0.6) is 0 Å². The van der Waals surface area contributed by atoms with E-state index in [1.54, 1.807) is 17.0 Å². The summed E-state index contributed by atoms with van der Waals surface area (Å²) in [5.74, 6) is 0.214. The fourth-order valence-electron chi connectivity index (χ4n) is 2.64. The highest BCUT2D eigenvalue weighted by atomic mass is 19.1. The Morgan fingerprint density at radius 1 is 1.38 bits per heavy atom. The van der Waals surface area contributed by atoms with Gasteiger partial charge in [0.2, 0.25) is 5.91 Å². The van der Waals surface area contributed by atoms with Crippen LogP contribution in [0.1, 0.15) is 0 Å². The summed E-state index contributed by atoms with van der Waals surface area (Å²) in [4.78, 5) is 13.6. The molecule has 1 saturated heterocycles. The monoisotopic (exact) mass is 221 g/mol. The Labute approximate surface area is 92.5 Å². The molecule has 0 aromatic heterocycles. The number of hydrogen-bond donors (Lipinski definition) is 1. The number of amides is 1. The first-order valence-corrected chi connectivity index (χ1v) is 5.40. The van der Waals surface area contributed by atoms with Crippen LogP contribution < -0.4 is 4.90 Å². The second kappa shape index (κ2) is 3.28. The van der Waals surface area contributed by atoms with Gasteiger partial charge in [0, 0.05) is 24.8 Å². The number of fused-ring (bicyclic) bond motifs is 1. The molecule has 16 heavy (non-hydrogen) atoms. The topological polar surface area (TPSA) is 40.5 Å². The number of hydrogen-bond acceptors (Lipinski definition) is 2. The quantitative estimate of drug-likeness (QED) is 0.810. The number of carbonyl (C=O) groups excluding carboxylic acids is 1. The zero-order valence-electron chi connectivity index (χ0n) is 8.64. The second-order valence-corrected chi connectivity index (χ2v) is 4.46. The third kappa shape index (κ3) is 1.26. The number of halogens is 1. The molecule has 1 aromatic rings. The maximum Gasteiger partial charge on any atom is 0.230 e. The minimum Gasteiger partial charge on any atom is -0.396 e. The summed E-state index contributed by atoms with van der Waals surface area (Å²) in [6.45, 7) is 0.749.